The predicted molar refractivity (Wildman–Crippen MR) is 82.2 cm³/mol. The number of carbonyl (C=O) groups is 1. The van der Waals surface area contributed by atoms with E-state index >= 15 is 0 Å². The van der Waals surface area contributed by atoms with E-state index in [2.05, 4.69) is 18.7 Å². The minimum absolute atomic E-state index is 0.379. The number of aryl methyl sites for hydroxylation is 1. The van der Waals surface area contributed by atoms with Gasteiger partial charge in [0.1, 0.15) is 0 Å². The molecule has 0 radical (unpaired) electrons. The largest absolute Gasteiger partial charge is 0.478 e. The van der Waals surface area contributed by atoms with Gasteiger partial charge >= 0.3 is 5.97 Å². The molecule has 0 fully saturated rings. The average molecular weight is 277 g/mol. The highest BCUT2D eigenvalue weighted by Crippen LogP contribution is 2.23. The normalized spacial score (nSPS) is 11.2. The van der Waals surface area contributed by atoms with Crippen LogP contribution in [-0.4, -0.2) is 37.4 Å². The summed E-state index contributed by atoms with van der Waals surface area (Å²) in [7, 11) is 1.70. The van der Waals surface area contributed by atoms with Crippen LogP contribution in [0.2, 0.25) is 0 Å². The molecule has 4 nitrogen and oxygen atoms in total. The van der Waals surface area contributed by atoms with E-state index in [0.717, 1.165) is 29.4 Å². The fraction of sp³-hybridized carbons (Fsp3) is 0.438. The van der Waals surface area contributed by atoms with Crippen LogP contribution in [-0.2, 0) is 9.53 Å². The zero-order valence-corrected chi connectivity index (χ0v) is 12.6. The number of hydrogen-bond donors (Lipinski definition) is 1. The van der Waals surface area contributed by atoms with Gasteiger partial charge in [0, 0.05) is 31.5 Å². The van der Waals surface area contributed by atoms with Gasteiger partial charge in [-0.2, -0.15) is 0 Å². The molecule has 0 atom stereocenters. The molecule has 1 N–H and O–H groups in total. The zero-order valence-electron chi connectivity index (χ0n) is 12.6. The molecule has 0 aliphatic carbocycles. The van der Waals surface area contributed by atoms with Gasteiger partial charge in [-0.1, -0.05) is 6.07 Å². The maximum Gasteiger partial charge on any atom is 0.328 e. The Morgan fingerprint density at radius 3 is 2.65 bits per heavy atom. The first-order valence-electron chi connectivity index (χ1n) is 6.73. The second kappa shape index (κ2) is 7.70. The van der Waals surface area contributed by atoms with Crippen molar-refractivity contribution in [2.75, 3.05) is 25.2 Å². The number of aliphatic carboxylic acids is 1. The monoisotopic (exact) mass is 277 g/mol. The van der Waals surface area contributed by atoms with E-state index in [0.29, 0.717) is 12.6 Å². The van der Waals surface area contributed by atoms with Gasteiger partial charge < -0.3 is 14.7 Å². The first-order valence-corrected chi connectivity index (χ1v) is 6.73. The number of ether oxygens (including phenoxy) is 1. The molecule has 0 unspecified atom stereocenters. The fourth-order valence-electron chi connectivity index (χ4n) is 2.12. The molecule has 1 aromatic rings. The van der Waals surface area contributed by atoms with E-state index in [1.54, 1.807) is 13.2 Å². The van der Waals surface area contributed by atoms with Gasteiger partial charge in [-0.15, -0.1) is 0 Å². The number of carboxylic acid groups (broad SMARTS) is 1. The van der Waals surface area contributed by atoms with Gasteiger partial charge in [0.2, 0.25) is 0 Å². The zero-order chi connectivity index (χ0) is 15.1. The summed E-state index contributed by atoms with van der Waals surface area (Å²) in [6.45, 7) is 7.84. The van der Waals surface area contributed by atoms with Gasteiger partial charge in [0.25, 0.3) is 0 Å². The number of benzene rings is 1. The minimum atomic E-state index is -0.935. The van der Waals surface area contributed by atoms with E-state index in [1.165, 1.54) is 0 Å². The third-order valence-corrected chi connectivity index (χ3v) is 3.11. The summed E-state index contributed by atoms with van der Waals surface area (Å²) in [6, 6.07) is 6.34. The van der Waals surface area contributed by atoms with Crippen molar-refractivity contribution in [2.24, 2.45) is 0 Å². The average Bonchev–Trinajstić information content (AvgIpc) is 2.38. The number of anilines is 1. The summed E-state index contributed by atoms with van der Waals surface area (Å²) in [6.07, 6.45) is 2.76. The van der Waals surface area contributed by atoms with Gasteiger partial charge in [-0.05, 0) is 50.1 Å². The van der Waals surface area contributed by atoms with Crippen molar-refractivity contribution in [1.29, 1.82) is 0 Å². The number of carboxylic acids is 1. The molecule has 1 rings (SSSR count). The predicted octanol–water partition coefficient (Wildman–Crippen LogP) is 2.95. The molecular weight excluding hydrogens is 254 g/mol. The fourth-order valence-corrected chi connectivity index (χ4v) is 2.12. The SMILES string of the molecule is COCCN(c1ccc(/C=C/C(=O)O)cc1C)C(C)C. The number of hydrogen-bond acceptors (Lipinski definition) is 3. The highest BCUT2D eigenvalue weighted by Gasteiger charge is 2.12. The van der Waals surface area contributed by atoms with Gasteiger partial charge in [0.15, 0.2) is 0 Å². The molecular formula is C16H23NO3. The van der Waals surface area contributed by atoms with Gasteiger partial charge in [-0.25, -0.2) is 4.79 Å². The quantitative estimate of drug-likeness (QED) is 0.778. The molecule has 0 saturated carbocycles. The molecule has 110 valence electrons. The molecule has 0 aromatic heterocycles. The van der Waals surface area contributed by atoms with Crippen molar-refractivity contribution >= 4 is 17.7 Å². The third-order valence-electron chi connectivity index (χ3n) is 3.11. The molecule has 0 aliphatic rings. The van der Waals surface area contributed by atoms with Crippen molar-refractivity contribution < 1.29 is 14.6 Å². The van der Waals surface area contributed by atoms with Crippen molar-refractivity contribution in [3.8, 4) is 0 Å². The summed E-state index contributed by atoms with van der Waals surface area (Å²) in [5.41, 5.74) is 3.18. The lowest BCUT2D eigenvalue weighted by Crippen LogP contribution is -2.34. The van der Waals surface area contributed by atoms with Crippen LogP contribution in [0.3, 0.4) is 0 Å². The van der Waals surface area contributed by atoms with Gasteiger partial charge in [0.05, 0.1) is 6.61 Å². The summed E-state index contributed by atoms with van der Waals surface area (Å²) in [5, 5.41) is 8.65. The molecule has 0 spiro atoms. The Bertz CT molecular complexity index is 481. The second-order valence-corrected chi connectivity index (χ2v) is 5.00. The van der Waals surface area contributed by atoms with Crippen molar-refractivity contribution in [3.63, 3.8) is 0 Å². The topological polar surface area (TPSA) is 49.8 Å². The van der Waals surface area contributed by atoms with Crippen molar-refractivity contribution in [3.05, 3.63) is 35.4 Å². The molecule has 0 bridgehead atoms. The maximum atomic E-state index is 10.5. The smallest absolute Gasteiger partial charge is 0.328 e. The lowest BCUT2D eigenvalue weighted by atomic mass is 10.1. The molecule has 0 saturated heterocycles. The van der Waals surface area contributed by atoms with Crippen LogP contribution in [0.25, 0.3) is 6.08 Å². The van der Waals surface area contributed by atoms with Crippen LogP contribution in [0, 0.1) is 6.92 Å². The van der Waals surface area contributed by atoms with Crippen LogP contribution < -0.4 is 4.90 Å². The second-order valence-electron chi connectivity index (χ2n) is 5.00. The first kappa shape index (κ1) is 16.2. The standard InChI is InChI=1S/C16H23NO3/c1-12(2)17(9-10-20-4)15-7-5-14(11-13(15)3)6-8-16(18)19/h5-8,11-12H,9-10H2,1-4H3,(H,18,19)/b8-6+. The molecule has 0 amide bonds. The van der Waals surface area contributed by atoms with E-state index < -0.39 is 5.97 Å². The van der Waals surface area contributed by atoms with Crippen LogP contribution in [0.5, 0.6) is 0 Å². The molecule has 20 heavy (non-hydrogen) atoms. The Kier molecular flexibility index (Phi) is 6.25. The van der Waals surface area contributed by atoms with E-state index in [4.69, 9.17) is 9.84 Å². The van der Waals surface area contributed by atoms with Crippen LogP contribution in [0.4, 0.5) is 5.69 Å². The highest BCUT2D eigenvalue weighted by molar-refractivity contribution is 5.85. The van der Waals surface area contributed by atoms with E-state index in [1.807, 2.05) is 25.1 Å². The van der Waals surface area contributed by atoms with Crippen LogP contribution in [0.1, 0.15) is 25.0 Å². The maximum absolute atomic E-state index is 10.5. The lowest BCUT2D eigenvalue weighted by molar-refractivity contribution is -0.131. The number of methoxy groups -OCH3 is 1. The van der Waals surface area contributed by atoms with Gasteiger partial charge in [-0.3, -0.25) is 0 Å². The Morgan fingerprint density at radius 2 is 2.15 bits per heavy atom. The molecule has 0 aliphatic heterocycles. The summed E-state index contributed by atoms with van der Waals surface area (Å²) in [5.74, 6) is -0.935. The first-order chi connectivity index (χ1) is 9.45. The van der Waals surface area contributed by atoms with Crippen LogP contribution >= 0.6 is 0 Å². The highest BCUT2D eigenvalue weighted by atomic mass is 16.5. The Morgan fingerprint density at radius 1 is 1.45 bits per heavy atom. The molecule has 0 heterocycles. The summed E-state index contributed by atoms with van der Waals surface area (Å²) < 4.78 is 5.15. The lowest BCUT2D eigenvalue weighted by Gasteiger charge is -2.30. The van der Waals surface area contributed by atoms with E-state index in [-0.39, 0.29) is 0 Å². The third kappa shape index (κ3) is 4.70. The molecule has 1 aromatic carbocycles. The van der Waals surface area contributed by atoms with Crippen molar-refractivity contribution in [2.45, 2.75) is 26.8 Å². The molecule has 4 heteroatoms. The Hall–Kier alpha value is -1.81. The summed E-state index contributed by atoms with van der Waals surface area (Å²) in [4.78, 5) is 12.8. The number of nitrogens with zero attached hydrogens (tertiary/aromatic N) is 1. The Labute approximate surface area is 120 Å². The van der Waals surface area contributed by atoms with Crippen LogP contribution in [0.15, 0.2) is 24.3 Å². The van der Waals surface area contributed by atoms with E-state index in [9.17, 15) is 4.79 Å². The van der Waals surface area contributed by atoms with Crippen molar-refractivity contribution in [1.82, 2.24) is 0 Å². The number of rotatable bonds is 7. The summed E-state index contributed by atoms with van der Waals surface area (Å²) >= 11 is 0. The minimum Gasteiger partial charge on any atom is -0.478 e. The Balaban J connectivity index is 2.97.